The molecule has 0 aromatic heterocycles. The SMILES string of the molecule is CCNC(=NCCN1C(=O)C2C3C=CC(C3)C2C1=O)NC1CC1c1c(F)cccc1Cl.I. The number of aliphatic imine (C=N–C) groups is 1. The fraction of sp³-hybridized carbons (Fsp3) is 0.522. The fourth-order valence-electron chi connectivity index (χ4n) is 5.48. The number of nitrogens with one attached hydrogen (secondary N) is 2. The molecule has 0 radical (unpaired) electrons. The van der Waals surface area contributed by atoms with E-state index in [1.807, 2.05) is 6.92 Å². The molecule has 1 aromatic carbocycles. The largest absolute Gasteiger partial charge is 0.357 e. The third kappa shape index (κ3) is 4.04. The molecule has 1 aliphatic heterocycles. The number of carbonyl (C=O) groups is 2. The van der Waals surface area contributed by atoms with Crippen LogP contribution in [0.1, 0.15) is 31.2 Å². The molecule has 2 amide bonds. The van der Waals surface area contributed by atoms with Gasteiger partial charge in [-0.15, -0.1) is 24.0 Å². The predicted molar refractivity (Wildman–Crippen MR) is 132 cm³/mol. The first kappa shape index (κ1) is 23.5. The standard InChI is InChI=1S/C23H26ClFN4O2.HI/c1-2-26-23(28-17-11-14(17)20-15(24)4-3-5-16(20)25)27-8-9-29-21(30)18-12-6-7-13(10-12)19(18)22(29)31;/h3-7,12-14,17-19H,2,8-11H2,1H3,(H2,26,27,28);1H. The summed E-state index contributed by atoms with van der Waals surface area (Å²) in [6, 6.07) is 4.78. The Morgan fingerprint density at radius 2 is 1.88 bits per heavy atom. The number of benzene rings is 1. The van der Waals surface area contributed by atoms with Crippen LogP contribution in [0.5, 0.6) is 0 Å². The van der Waals surface area contributed by atoms with Crippen LogP contribution in [-0.4, -0.2) is 48.3 Å². The highest BCUT2D eigenvalue weighted by Gasteiger charge is 2.58. The number of fused-ring (bicyclic) bond motifs is 5. The van der Waals surface area contributed by atoms with Crippen molar-refractivity contribution in [2.45, 2.75) is 31.7 Å². The third-order valence-electron chi connectivity index (χ3n) is 6.98. The average molecular weight is 573 g/mol. The molecule has 6 atom stereocenters. The van der Waals surface area contributed by atoms with Gasteiger partial charge in [-0.25, -0.2) is 4.39 Å². The van der Waals surface area contributed by atoms with Gasteiger partial charge in [-0.3, -0.25) is 19.5 Å². The van der Waals surface area contributed by atoms with E-state index in [4.69, 9.17) is 11.6 Å². The van der Waals surface area contributed by atoms with Gasteiger partial charge in [0.2, 0.25) is 11.8 Å². The zero-order valence-corrected chi connectivity index (χ0v) is 20.8. The number of nitrogens with zero attached hydrogens (tertiary/aromatic N) is 2. The zero-order valence-electron chi connectivity index (χ0n) is 17.8. The summed E-state index contributed by atoms with van der Waals surface area (Å²) in [5.74, 6) is 0.319. The number of halogens is 3. The molecule has 6 unspecified atom stereocenters. The molecule has 1 aromatic rings. The van der Waals surface area contributed by atoms with Crippen molar-refractivity contribution in [3.05, 3.63) is 46.8 Å². The molecule has 3 aliphatic carbocycles. The lowest BCUT2D eigenvalue weighted by atomic mass is 9.85. The first-order valence-electron chi connectivity index (χ1n) is 11.0. The van der Waals surface area contributed by atoms with Gasteiger partial charge in [0.15, 0.2) is 5.96 Å². The van der Waals surface area contributed by atoms with E-state index in [0.29, 0.717) is 29.6 Å². The van der Waals surface area contributed by atoms with Gasteiger partial charge in [-0.05, 0) is 43.7 Å². The van der Waals surface area contributed by atoms with Gasteiger partial charge in [-0.2, -0.15) is 0 Å². The molecule has 32 heavy (non-hydrogen) atoms. The maximum Gasteiger partial charge on any atom is 0.233 e. The molecule has 2 bridgehead atoms. The number of amides is 2. The minimum atomic E-state index is -0.288. The predicted octanol–water partition coefficient (Wildman–Crippen LogP) is 3.32. The van der Waals surface area contributed by atoms with Gasteiger partial charge in [0.05, 0.1) is 18.4 Å². The molecule has 0 spiro atoms. The zero-order chi connectivity index (χ0) is 21.7. The number of carbonyl (C=O) groups excluding carboxylic acids is 2. The van der Waals surface area contributed by atoms with E-state index in [1.54, 1.807) is 12.1 Å². The van der Waals surface area contributed by atoms with Crippen LogP contribution in [0.2, 0.25) is 5.02 Å². The lowest BCUT2D eigenvalue weighted by Gasteiger charge is -2.17. The monoisotopic (exact) mass is 572 g/mol. The van der Waals surface area contributed by atoms with Crippen molar-refractivity contribution in [1.82, 2.24) is 15.5 Å². The van der Waals surface area contributed by atoms with Crippen molar-refractivity contribution >= 4 is 53.4 Å². The van der Waals surface area contributed by atoms with Crippen LogP contribution in [0.25, 0.3) is 0 Å². The highest BCUT2D eigenvalue weighted by atomic mass is 127. The summed E-state index contributed by atoms with van der Waals surface area (Å²) in [7, 11) is 0. The molecule has 1 saturated heterocycles. The van der Waals surface area contributed by atoms with E-state index in [9.17, 15) is 14.0 Å². The van der Waals surface area contributed by atoms with Crippen LogP contribution < -0.4 is 10.6 Å². The van der Waals surface area contributed by atoms with Gasteiger partial charge in [0, 0.05) is 35.6 Å². The Bertz CT molecular complexity index is 936. The van der Waals surface area contributed by atoms with Gasteiger partial charge in [0.1, 0.15) is 5.82 Å². The van der Waals surface area contributed by atoms with Crippen LogP contribution in [0, 0.1) is 29.5 Å². The Morgan fingerprint density at radius 1 is 1.19 bits per heavy atom. The maximum absolute atomic E-state index is 14.2. The van der Waals surface area contributed by atoms with Crippen LogP contribution in [0.3, 0.4) is 0 Å². The number of guanidine groups is 1. The van der Waals surface area contributed by atoms with E-state index in [-0.39, 0.29) is 83.8 Å². The van der Waals surface area contributed by atoms with Crippen molar-refractivity contribution in [2.75, 3.05) is 19.6 Å². The Hall–Kier alpha value is -1.68. The number of rotatable bonds is 6. The van der Waals surface area contributed by atoms with E-state index in [0.717, 1.165) is 12.8 Å². The number of hydrogen-bond donors (Lipinski definition) is 2. The molecule has 5 rings (SSSR count). The highest BCUT2D eigenvalue weighted by Crippen LogP contribution is 2.52. The summed E-state index contributed by atoms with van der Waals surface area (Å²) in [6.45, 7) is 3.25. The Morgan fingerprint density at radius 3 is 2.50 bits per heavy atom. The molecule has 1 heterocycles. The molecule has 2 saturated carbocycles. The minimum absolute atomic E-state index is 0. The van der Waals surface area contributed by atoms with Gasteiger partial charge < -0.3 is 10.6 Å². The molecular formula is C23H27ClFIN4O2. The summed E-state index contributed by atoms with van der Waals surface area (Å²) in [5, 5.41) is 6.94. The van der Waals surface area contributed by atoms with E-state index in [1.165, 1.54) is 11.0 Å². The van der Waals surface area contributed by atoms with Crippen molar-refractivity contribution in [1.29, 1.82) is 0 Å². The summed E-state index contributed by atoms with van der Waals surface area (Å²) < 4.78 is 14.2. The van der Waals surface area contributed by atoms with Crippen LogP contribution >= 0.6 is 35.6 Å². The lowest BCUT2D eigenvalue weighted by Crippen LogP contribution is -2.40. The smallest absolute Gasteiger partial charge is 0.233 e. The van der Waals surface area contributed by atoms with Crippen molar-refractivity contribution < 1.29 is 14.0 Å². The third-order valence-corrected chi connectivity index (χ3v) is 7.31. The van der Waals surface area contributed by atoms with E-state index < -0.39 is 0 Å². The van der Waals surface area contributed by atoms with Crippen molar-refractivity contribution in [3.8, 4) is 0 Å². The summed E-state index contributed by atoms with van der Waals surface area (Å²) in [5.41, 5.74) is 0.542. The molecule has 2 N–H and O–H groups in total. The Labute approximate surface area is 209 Å². The lowest BCUT2D eigenvalue weighted by molar-refractivity contribution is -0.140. The van der Waals surface area contributed by atoms with E-state index >= 15 is 0 Å². The van der Waals surface area contributed by atoms with Gasteiger partial charge >= 0.3 is 0 Å². The number of hydrogen-bond acceptors (Lipinski definition) is 3. The summed E-state index contributed by atoms with van der Waals surface area (Å²) in [4.78, 5) is 31.5. The number of imide groups is 1. The second-order valence-electron chi connectivity index (χ2n) is 8.82. The topological polar surface area (TPSA) is 73.8 Å². The number of allylic oxidation sites excluding steroid dienone is 2. The van der Waals surface area contributed by atoms with Crippen molar-refractivity contribution in [2.24, 2.45) is 28.7 Å². The first-order chi connectivity index (χ1) is 15.0. The fourth-order valence-corrected chi connectivity index (χ4v) is 5.78. The quantitative estimate of drug-likeness (QED) is 0.180. The minimum Gasteiger partial charge on any atom is -0.357 e. The Balaban J connectivity index is 0.00000245. The second-order valence-corrected chi connectivity index (χ2v) is 9.22. The Kier molecular flexibility index (Phi) is 6.81. The second kappa shape index (κ2) is 9.29. The summed E-state index contributed by atoms with van der Waals surface area (Å²) in [6.07, 6.45) is 5.90. The van der Waals surface area contributed by atoms with E-state index in [2.05, 4.69) is 27.8 Å². The van der Waals surface area contributed by atoms with Crippen LogP contribution in [-0.2, 0) is 9.59 Å². The first-order valence-corrected chi connectivity index (χ1v) is 11.4. The van der Waals surface area contributed by atoms with Gasteiger partial charge in [0.25, 0.3) is 0 Å². The average Bonchev–Trinajstić information content (AvgIpc) is 3.08. The molecular weight excluding hydrogens is 546 g/mol. The maximum atomic E-state index is 14.2. The molecule has 3 fully saturated rings. The van der Waals surface area contributed by atoms with Gasteiger partial charge in [-0.1, -0.05) is 29.8 Å². The molecule has 6 nitrogen and oxygen atoms in total. The number of likely N-dealkylation sites (tertiary alicyclic amines) is 1. The molecule has 4 aliphatic rings. The summed E-state index contributed by atoms with van der Waals surface area (Å²) >= 11 is 6.19. The van der Waals surface area contributed by atoms with Crippen molar-refractivity contribution in [3.63, 3.8) is 0 Å². The normalized spacial score (nSPS) is 32.2. The highest BCUT2D eigenvalue weighted by molar-refractivity contribution is 14.0. The molecule has 9 heteroatoms. The van der Waals surface area contributed by atoms with Crippen LogP contribution in [0.15, 0.2) is 35.3 Å². The van der Waals surface area contributed by atoms with Crippen LogP contribution in [0.4, 0.5) is 4.39 Å². The molecule has 172 valence electrons.